The van der Waals surface area contributed by atoms with Gasteiger partial charge in [0.05, 0.1) is 18.8 Å². The highest BCUT2D eigenvalue weighted by molar-refractivity contribution is 7.98. The van der Waals surface area contributed by atoms with Gasteiger partial charge in [0, 0.05) is 10.7 Å². The molecule has 0 aliphatic rings. The van der Waals surface area contributed by atoms with E-state index in [-0.39, 0.29) is 6.61 Å². The molecule has 0 radical (unpaired) electrons. The summed E-state index contributed by atoms with van der Waals surface area (Å²) >= 11 is 1.43. The van der Waals surface area contributed by atoms with Gasteiger partial charge in [0.25, 0.3) is 0 Å². The number of thioether (sulfide) groups is 1. The van der Waals surface area contributed by atoms with E-state index in [9.17, 15) is 5.11 Å². The summed E-state index contributed by atoms with van der Waals surface area (Å²) in [5.74, 6) is 0.463. The molecule has 0 spiro atoms. The molecule has 0 saturated heterocycles. The maximum Gasteiger partial charge on any atom is 0.0872 e. The van der Waals surface area contributed by atoms with Crippen molar-refractivity contribution in [2.24, 2.45) is 5.11 Å². The first-order valence-corrected chi connectivity index (χ1v) is 4.47. The first-order chi connectivity index (χ1) is 5.26. The molecule has 0 rings (SSSR count). The van der Waals surface area contributed by atoms with E-state index in [1.807, 2.05) is 6.26 Å². The van der Waals surface area contributed by atoms with E-state index in [0.717, 1.165) is 0 Å². The number of rotatable bonds is 5. The van der Waals surface area contributed by atoms with E-state index >= 15 is 0 Å². The Bertz CT molecular complexity index is 149. The summed E-state index contributed by atoms with van der Waals surface area (Å²) in [7, 11) is 0. The minimum Gasteiger partial charge on any atom is -0.396 e. The van der Waals surface area contributed by atoms with Crippen molar-refractivity contribution in [2.75, 3.05) is 18.6 Å². The largest absolute Gasteiger partial charge is 0.396 e. The topological polar surface area (TPSA) is 89.2 Å². The first-order valence-electron chi connectivity index (χ1n) is 3.08. The molecule has 0 fully saturated rings. The first kappa shape index (κ1) is 10.6. The van der Waals surface area contributed by atoms with Gasteiger partial charge in [-0.1, -0.05) is 5.11 Å². The smallest absolute Gasteiger partial charge is 0.0872 e. The van der Waals surface area contributed by atoms with Crippen LogP contribution < -0.4 is 0 Å². The van der Waals surface area contributed by atoms with Gasteiger partial charge in [-0.3, -0.25) is 0 Å². The van der Waals surface area contributed by atoms with Crippen LogP contribution in [-0.2, 0) is 0 Å². The van der Waals surface area contributed by atoms with Crippen LogP contribution in [0.15, 0.2) is 5.11 Å². The summed E-state index contributed by atoms with van der Waals surface area (Å²) in [5.41, 5.74) is 8.01. The molecular formula is C5H11N3O2S. The normalized spacial score (nSPS) is 15.2. The fourth-order valence-corrected chi connectivity index (χ4v) is 1.15. The van der Waals surface area contributed by atoms with Gasteiger partial charge in [-0.05, 0) is 11.8 Å². The highest BCUT2D eigenvalue weighted by Gasteiger charge is 2.15. The molecule has 0 aromatic rings. The van der Waals surface area contributed by atoms with Crippen LogP contribution in [0.1, 0.15) is 0 Å². The highest BCUT2D eigenvalue weighted by atomic mass is 32.2. The summed E-state index contributed by atoms with van der Waals surface area (Å²) in [6, 6.07) is -0.715. The number of aliphatic hydroxyl groups excluding tert-OH is 2. The van der Waals surface area contributed by atoms with Gasteiger partial charge in [0.1, 0.15) is 0 Å². The molecule has 0 unspecified atom stereocenters. The van der Waals surface area contributed by atoms with Gasteiger partial charge in [0.15, 0.2) is 0 Å². The van der Waals surface area contributed by atoms with Crippen LogP contribution >= 0.6 is 11.8 Å². The monoisotopic (exact) mass is 177 g/mol. The lowest BCUT2D eigenvalue weighted by molar-refractivity contribution is 0.127. The molecule has 64 valence electrons. The zero-order valence-corrected chi connectivity index (χ0v) is 7.03. The Morgan fingerprint density at radius 2 is 2.36 bits per heavy atom. The second-order valence-electron chi connectivity index (χ2n) is 1.98. The summed E-state index contributed by atoms with van der Waals surface area (Å²) in [4.78, 5) is 2.51. The molecule has 0 heterocycles. The third kappa shape index (κ3) is 4.10. The Morgan fingerprint density at radius 3 is 2.73 bits per heavy atom. The molecule has 0 aliphatic carbocycles. The maximum atomic E-state index is 9.19. The van der Waals surface area contributed by atoms with E-state index < -0.39 is 12.1 Å². The Balaban J connectivity index is 3.90. The van der Waals surface area contributed by atoms with Crippen LogP contribution in [0.4, 0.5) is 0 Å². The summed E-state index contributed by atoms with van der Waals surface area (Å²) < 4.78 is 0. The molecule has 0 aromatic carbocycles. The van der Waals surface area contributed by atoms with Gasteiger partial charge < -0.3 is 10.2 Å². The van der Waals surface area contributed by atoms with Crippen molar-refractivity contribution in [3.8, 4) is 0 Å². The Kier molecular flexibility index (Phi) is 6.06. The van der Waals surface area contributed by atoms with Crippen molar-refractivity contribution in [3.63, 3.8) is 0 Å². The molecule has 11 heavy (non-hydrogen) atoms. The number of hydrogen-bond donors (Lipinski definition) is 2. The standard InChI is InChI=1S/C5H11N3O2S/c1-11-3-5(10)4(2-9)7-8-6/h4-5,9-10H,2-3H2,1H3/t4-,5+/m1/s1. The second kappa shape index (κ2) is 6.30. The third-order valence-electron chi connectivity index (χ3n) is 1.17. The van der Waals surface area contributed by atoms with Gasteiger partial charge in [-0.15, -0.1) is 0 Å². The lowest BCUT2D eigenvalue weighted by Gasteiger charge is -2.13. The fourth-order valence-electron chi connectivity index (χ4n) is 0.583. The molecule has 2 atom stereocenters. The molecule has 0 aromatic heterocycles. The van der Waals surface area contributed by atoms with Crippen molar-refractivity contribution < 1.29 is 10.2 Å². The third-order valence-corrected chi connectivity index (χ3v) is 1.84. The van der Waals surface area contributed by atoms with Crippen LogP contribution in [-0.4, -0.2) is 41.0 Å². The van der Waals surface area contributed by atoms with Crippen LogP contribution in [0.5, 0.6) is 0 Å². The lowest BCUT2D eigenvalue weighted by atomic mass is 10.2. The predicted octanol–water partition coefficient (Wildman–Crippen LogP) is 0.382. The second-order valence-corrected chi connectivity index (χ2v) is 2.89. The highest BCUT2D eigenvalue weighted by Crippen LogP contribution is 2.04. The molecule has 2 N–H and O–H groups in total. The average molecular weight is 177 g/mol. The number of nitrogens with zero attached hydrogens (tertiary/aromatic N) is 3. The number of azide groups is 1. The van der Waals surface area contributed by atoms with Crippen LogP contribution in [0.3, 0.4) is 0 Å². The summed E-state index contributed by atoms with van der Waals surface area (Å²) in [6.45, 7) is -0.314. The average Bonchev–Trinajstić information content (AvgIpc) is 2.00. The predicted molar refractivity (Wildman–Crippen MR) is 44.4 cm³/mol. The van der Waals surface area contributed by atoms with Crippen LogP contribution in [0.2, 0.25) is 0 Å². The Labute approximate surface area is 69.0 Å². The minimum atomic E-state index is -0.758. The Morgan fingerprint density at radius 1 is 1.73 bits per heavy atom. The van der Waals surface area contributed by atoms with Gasteiger partial charge in [-0.25, -0.2) is 0 Å². The lowest BCUT2D eigenvalue weighted by Crippen LogP contribution is -2.29. The number of aliphatic hydroxyl groups is 2. The molecule has 0 saturated carbocycles. The van der Waals surface area contributed by atoms with Gasteiger partial charge in [-0.2, -0.15) is 11.8 Å². The van der Waals surface area contributed by atoms with Crippen LogP contribution in [0.25, 0.3) is 10.4 Å². The number of hydrogen-bond acceptors (Lipinski definition) is 4. The minimum absolute atomic E-state index is 0.314. The van der Waals surface area contributed by atoms with E-state index in [0.29, 0.717) is 5.75 Å². The summed E-state index contributed by atoms with van der Waals surface area (Å²) in [5, 5.41) is 21.0. The van der Waals surface area contributed by atoms with Gasteiger partial charge in [0.2, 0.25) is 0 Å². The van der Waals surface area contributed by atoms with Crippen molar-refractivity contribution in [1.29, 1.82) is 0 Å². The molecule has 0 amide bonds. The van der Waals surface area contributed by atoms with E-state index in [4.69, 9.17) is 10.6 Å². The Hall–Kier alpha value is -0.420. The van der Waals surface area contributed by atoms with E-state index in [1.165, 1.54) is 11.8 Å². The maximum absolute atomic E-state index is 9.19. The molecular weight excluding hydrogens is 166 g/mol. The zero-order valence-electron chi connectivity index (χ0n) is 6.21. The van der Waals surface area contributed by atoms with Crippen molar-refractivity contribution in [2.45, 2.75) is 12.1 Å². The molecule has 0 bridgehead atoms. The summed E-state index contributed by atoms with van der Waals surface area (Å²) in [6.07, 6.45) is 1.07. The zero-order chi connectivity index (χ0) is 8.69. The van der Waals surface area contributed by atoms with Crippen molar-refractivity contribution >= 4 is 11.8 Å². The SMILES string of the molecule is CSC[C@H](O)[C@@H](CO)N=[N+]=[N-]. The van der Waals surface area contributed by atoms with E-state index in [2.05, 4.69) is 10.0 Å². The van der Waals surface area contributed by atoms with E-state index in [1.54, 1.807) is 0 Å². The van der Waals surface area contributed by atoms with Crippen LogP contribution in [0, 0.1) is 0 Å². The fraction of sp³-hybridized carbons (Fsp3) is 1.00. The molecule has 6 heteroatoms. The molecule has 0 aliphatic heterocycles. The van der Waals surface area contributed by atoms with Gasteiger partial charge >= 0.3 is 0 Å². The quantitative estimate of drug-likeness (QED) is 0.361. The molecule has 5 nitrogen and oxygen atoms in total. The van der Waals surface area contributed by atoms with Crippen molar-refractivity contribution in [1.82, 2.24) is 0 Å². The van der Waals surface area contributed by atoms with Crippen molar-refractivity contribution in [3.05, 3.63) is 10.4 Å².